The quantitative estimate of drug-likeness (QED) is 0.162. The third kappa shape index (κ3) is 9.58. The van der Waals surface area contributed by atoms with Crippen molar-refractivity contribution >= 4 is 0 Å². The van der Waals surface area contributed by atoms with E-state index in [1.54, 1.807) is 0 Å². The SMILES string of the molecule is NCN(CN)CCN(CN)CCN(CN)CCN(CN)CN. The molecule has 134 valence electrons. The smallest absolute Gasteiger partial charge is 0.0467 e. The van der Waals surface area contributed by atoms with Crippen molar-refractivity contribution in [1.29, 1.82) is 0 Å². The second kappa shape index (κ2) is 14.2. The van der Waals surface area contributed by atoms with Gasteiger partial charge in [-0.05, 0) is 0 Å². The van der Waals surface area contributed by atoms with Crippen molar-refractivity contribution in [3.63, 3.8) is 0 Å². The Morgan fingerprint density at radius 2 is 0.500 bits per heavy atom. The lowest BCUT2D eigenvalue weighted by atomic mass is 10.4. The Labute approximate surface area is 134 Å². The molecule has 0 aliphatic heterocycles. The molecule has 0 aromatic rings. The van der Waals surface area contributed by atoms with Crippen LogP contribution in [0.25, 0.3) is 0 Å². The molecule has 0 saturated carbocycles. The van der Waals surface area contributed by atoms with E-state index in [9.17, 15) is 0 Å². The molecular formula is C12H36N10. The zero-order valence-corrected chi connectivity index (χ0v) is 13.7. The molecule has 0 amide bonds. The number of nitrogens with zero attached hydrogens (tertiary/aromatic N) is 4. The van der Waals surface area contributed by atoms with Crippen molar-refractivity contribution in [2.45, 2.75) is 0 Å². The minimum atomic E-state index is 0.456. The van der Waals surface area contributed by atoms with E-state index in [0.717, 1.165) is 39.3 Å². The molecule has 0 saturated heterocycles. The third-order valence-corrected chi connectivity index (χ3v) is 3.75. The van der Waals surface area contributed by atoms with Gasteiger partial charge in [0.25, 0.3) is 0 Å². The summed E-state index contributed by atoms with van der Waals surface area (Å²) < 4.78 is 0. The van der Waals surface area contributed by atoms with Gasteiger partial charge >= 0.3 is 0 Å². The van der Waals surface area contributed by atoms with Crippen LogP contribution >= 0.6 is 0 Å². The summed E-state index contributed by atoms with van der Waals surface area (Å²) >= 11 is 0. The van der Waals surface area contributed by atoms with Gasteiger partial charge in [0, 0.05) is 79.3 Å². The molecule has 0 atom stereocenters. The summed E-state index contributed by atoms with van der Waals surface area (Å²) in [6, 6.07) is 0. The standard InChI is InChI=1S/C12H36N10/c13-7-19(3-5-21(9-15)10-16)1-2-20(8-14)4-6-22(11-17)12-18/h1-18H2. The molecule has 0 aromatic heterocycles. The third-order valence-electron chi connectivity index (χ3n) is 3.75. The van der Waals surface area contributed by atoms with Crippen LogP contribution in [0.15, 0.2) is 0 Å². The fraction of sp³-hybridized carbons (Fsp3) is 1.00. The minimum absolute atomic E-state index is 0.456. The zero-order chi connectivity index (χ0) is 16.8. The van der Waals surface area contributed by atoms with Gasteiger partial charge < -0.3 is 34.4 Å². The molecule has 0 aliphatic rings. The second-order valence-corrected chi connectivity index (χ2v) is 5.12. The monoisotopic (exact) mass is 320 g/mol. The molecule has 0 spiro atoms. The first-order chi connectivity index (χ1) is 10.6. The van der Waals surface area contributed by atoms with Crippen molar-refractivity contribution in [1.82, 2.24) is 19.6 Å². The molecule has 0 heterocycles. The van der Waals surface area contributed by atoms with Crippen molar-refractivity contribution in [2.24, 2.45) is 34.4 Å². The number of hydrogen-bond donors (Lipinski definition) is 6. The van der Waals surface area contributed by atoms with Crippen molar-refractivity contribution < 1.29 is 0 Å². The normalized spacial score (nSPS) is 12.3. The van der Waals surface area contributed by atoms with Gasteiger partial charge in [-0.2, -0.15) is 0 Å². The molecule has 0 aromatic carbocycles. The molecule has 0 bridgehead atoms. The Morgan fingerprint density at radius 1 is 0.318 bits per heavy atom. The maximum absolute atomic E-state index is 5.79. The lowest BCUT2D eigenvalue weighted by molar-refractivity contribution is 0.167. The maximum atomic E-state index is 5.79. The molecule has 0 rings (SSSR count). The molecule has 0 unspecified atom stereocenters. The summed E-state index contributed by atoms with van der Waals surface area (Å²) in [6.45, 7) is 7.80. The van der Waals surface area contributed by atoms with Gasteiger partial charge in [0.1, 0.15) is 0 Å². The van der Waals surface area contributed by atoms with E-state index < -0.39 is 0 Å². The van der Waals surface area contributed by atoms with E-state index in [1.165, 1.54) is 0 Å². The van der Waals surface area contributed by atoms with Gasteiger partial charge in [-0.1, -0.05) is 0 Å². The van der Waals surface area contributed by atoms with Crippen molar-refractivity contribution in [2.75, 3.05) is 79.3 Å². The summed E-state index contributed by atoms with van der Waals surface area (Å²) in [4.78, 5) is 8.24. The fourth-order valence-corrected chi connectivity index (χ4v) is 1.95. The molecule has 0 aliphatic carbocycles. The summed E-state index contributed by atoms with van der Waals surface area (Å²) in [5.41, 5.74) is 34.0. The summed E-state index contributed by atoms with van der Waals surface area (Å²) in [5, 5.41) is 0. The Hall–Kier alpha value is -0.400. The van der Waals surface area contributed by atoms with Crippen LogP contribution in [0.2, 0.25) is 0 Å². The highest BCUT2D eigenvalue weighted by Crippen LogP contribution is 1.93. The van der Waals surface area contributed by atoms with Gasteiger partial charge in [0.2, 0.25) is 0 Å². The first-order valence-electron chi connectivity index (χ1n) is 7.74. The molecule has 0 fully saturated rings. The van der Waals surface area contributed by atoms with E-state index in [4.69, 9.17) is 34.4 Å². The van der Waals surface area contributed by atoms with E-state index in [2.05, 4.69) is 9.80 Å². The Bertz CT molecular complexity index is 210. The Morgan fingerprint density at radius 3 is 0.682 bits per heavy atom. The minimum Gasteiger partial charge on any atom is -0.318 e. The predicted molar refractivity (Wildman–Crippen MR) is 90.9 cm³/mol. The molecule has 10 heteroatoms. The fourth-order valence-electron chi connectivity index (χ4n) is 1.95. The van der Waals surface area contributed by atoms with Crippen LogP contribution in [-0.4, -0.2) is 98.9 Å². The Kier molecular flexibility index (Phi) is 14.0. The molecule has 0 radical (unpaired) electrons. The number of hydrogen-bond acceptors (Lipinski definition) is 10. The molecule has 22 heavy (non-hydrogen) atoms. The van der Waals surface area contributed by atoms with E-state index in [-0.39, 0.29) is 0 Å². The van der Waals surface area contributed by atoms with E-state index in [1.807, 2.05) is 9.80 Å². The highest BCUT2D eigenvalue weighted by molar-refractivity contribution is 4.65. The first-order valence-corrected chi connectivity index (χ1v) is 7.74. The largest absolute Gasteiger partial charge is 0.318 e. The first kappa shape index (κ1) is 21.6. The van der Waals surface area contributed by atoms with E-state index >= 15 is 0 Å². The van der Waals surface area contributed by atoms with Crippen LogP contribution in [0.5, 0.6) is 0 Å². The van der Waals surface area contributed by atoms with Crippen LogP contribution in [0, 0.1) is 0 Å². The van der Waals surface area contributed by atoms with E-state index in [0.29, 0.717) is 40.0 Å². The van der Waals surface area contributed by atoms with Crippen molar-refractivity contribution in [3.05, 3.63) is 0 Å². The number of nitrogens with two attached hydrogens (primary N) is 6. The summed E-state index contributed by atoms with van der Waals surface area (Å²) in [5.74, 6) is 0. The lowest BCUT2D eigenvalue weighted by Gasteiger charge is -2.29. The van der Waals surface area contributed by atoms with Crippen LogP contribution < -0.4 is 34.4 Å². The topological polar surface area (TPSA) is 169 Å². The van der Waals surface area contributed by atoms with Crippen LogP contribution in [0.4, 0.5) is 0 Å². The van der Waals surface area contributed by atoms with Gasteiger partial charge in [0.15, 0.2) is 0 Å². The molecule has 12 N–H and O–H groups in total. The highest BCUT2D eigenvalue weighted by atomic mass is 15.3. The van der Waals surface area contributed by atoms with Gasteiger partial charge in [-0.25, -0.2) is 0 Å². The lowest BCUT2D eigenvalue weighted by Crippen LogP contribution is -2.47. The van der Waals surface area contributed by atoms with Gasteiger partial charge in [-0.3, -0.25) is 19.6 Å². The van der Waals surface area contributed by atoms with Gasteiger partial charge in [0.05, 0.1) is 0 Å². The van der Waals surface area contributed by atoms with Crippen LogP contribution in [-0.2, 0) is 0 Å². The predicted octanol–water partition coefficient (Wildman–Crippen LogP) is -4.31. The molecular weight excluding hydrogens is 284 g/mol. The number of rotatable bonds is 15. The maximum Gasteiger partial charge on any atom is 0.0467 e. The van der Waals surface area contributed by atoms with Crippen LogP contribution in [0.1, 0.15) is 0 Å². The highest BCUT2D eigenvalue weighted by Gasteiger charge is 2.10. The summed E-state index contributed by atoms with van der Waals surface area (Å²) in [7, 11) is 0. The zero-order valence-electron chi connectivity index (χ0n) is 13.7. The van der Waals surface area contributed by atoms with Gasteiger partial charge in [-0.15, -0.1) is 0 Å². The molecule has 10 nitrogen and oxygen atoms in total. The average molecular weight is 320 g/mol. The Balaban J connectivity index is 4.05. The van der Waals surface area contributed by atoms with Crippen LogP contribution in [0.3, 0.4) is 0 Å². The van der Waals surface area contributed by atoms with Crippen molar-refractivity contribution in [3.8, 4) is 0 Å². The second-order valence-electron chi connectivity index (χ2n) is 5.12. The summed E-state index contributed by atoms with van der Waals surface area (Å²) in [6.07, 6.45) is 0. The average Bonchev–Trinajstić information content (AvgIpc) is 2.56.